The molecular weight excluding hydrogens is 391 g/mol. The molecule has 5 nitrogen and oxygen atoms in total. The highest BCUT2D eigenvalue weighted by Gasteiger charge is 2.30. The van der Waals surface area contributed by atoms with Gasteiger partial charge in [-0.05, 0) is 50.4 Å². The van der Waals surface area contributed by atoms with E-state index in [9.17, 15) is 18.0 Å². The molecule has 1 saturated heterocycles. The third-order valence-corrected chi connectivity index (χ3v) is 5.79. The van der Waals surface area contributed by atoms with Crippen molar-refractivity contribution in [1.29, 1.82) is 0 Å². The summed E-state index contributed by atoms with van der Waals surface area (Å²) < 4.78 is 38.0. The Morgan fingerprint density at radius 1 is 1.25 bits per heavy atom. The molecule has 0 spiro atoms. The quantitative estimate of drug-likeness (QED) is 0.721. The number of nitrogens with one attached hydrogen (secondary N) is 1. The second-order valence-corrected chi connectivity index (χ2v) is 7.88. The normalized spacial score (nSPS) is 16.2. The first kappa shape index (κ1) is 20.6. The first-order valence-corrected chi connectivity index (χ1v) is 10.0. The Hall–Kier alpha value is -2.13. The van der Waals surface area contributed by atoms with E-state index < -0.39 is 17.8 Å². The van der Waals surface area contributed by atoms with E-state index in [-0.39, 0.29) is 0 Å². The van der Waals surface area contributed by atoms with Crippen LogP contribution in [0.4, 0.5) is 18.0 Å². The second kappa shape index (κ2) is 8.91. The predicted octanol–water partition coefficient (Wildman–Crippen LogP) is 4.70. The number of nitrogens with zero attached hydrogens (tertiary/aromatic N) is 2. The van der Waals surface area contributed by atoms with Crippen LogP contribution in [-0.2, 0) is 12.7 Å². The van der Waals surface area contributed by atoms with Gasteiger partial charge in [-0.1, -0.05) is 12.1 Å². The van der Waals surface area contributed by atoms with Crippen molar-refractivity contribution in [3.63, 3.8) is 0 Å². The zero-order valence-corrected chi connectivity index (χ0v) is 16.0. The van der Waals surface area contributed by atoms with Gasteiger partial charge in [0.25, 0.3) is 0 Å². The summed E-state index contributed by atoms with van der Waals surface area (Å²) in [5.41, 5.74) is 0.719. The van der Waals surface area contributed by atoms with Crippen LogP contribution in [0.2, 0.25) is 0 Å². The van der Waals surface area contributed by atoms with Crippen LogP contribution in [0.15, 0.2) is 29.6 Å². The minimum absolute atomic E-state index is 0.489. The molecule has 2 heterocycles. The van der Waals surface area contributed by atoms with Gasteiger partial charge in [-0.3, -0.25) is 4.90 Å². The van der Waals surface area contributed by atoms with Crippen LogP contribution >= 0.6 is 11.3 Å². The number of piperidine rings is 1. The van der Waals surface area contributed by atoms with E-state index in [4.69, 9.17) is 5.11 Å². The van der Waals surface area contributed by atoms with E-state index in [1.807, 2.05) is 5.38 Å². The number of hydrogen-bond donors (Lipinski definition) is 2. The van der Waals surface area contributed by atoms with Gasteiger partial charge >= 0.3 is 12.3 Å². The lowest BCUT2D eigenvalue weighted by atomic mass is 9.93. The van der Waals surface area contributed by atoms with Crippen LogP contribution in [0.3, 0.4) is 0 Å². The van der Waals surface area contributed by atoms with Crippen LogP contribution in [-0.4, -0.2) is 40.7 Å². The van der Waals surface area contributed by atoms with Crippen LogP contribution in [0.25, 0.3) is 11.3 Å². The van der Waals surface area contributed by atoms with Crippen LogP contribution in [0, 0.1) is 5.92 Å². The Morgan fingerprint density at radius 3 is 2.54 bits per heavy atom. The average Bonchev–Trinajstić information content (AvgIpc) is 3.11. The van der Waals surface area contributed by atoms with Gasteiger partial charge in [-0.25, -0.2) is 9.78 Å². The molecule has 2 aromatic rings. The molecule has 152 valence electrons. The van der Waals surface area contributed by atoms with E-state index in [0.717, 1.165) is 56.0 Å². The van der Waals surface area contributed by atoms with Crippen molar-refractivity contribution in [2.45, 2.75) is 32.0 Å². The Labute approximate surface area is 165 Å². The summed E-state index contributed by atoms with van der Waals surface area (Å²) in [7, 11) is 0. The lowest BCUT2D eigenvalue weighted by Gasteiger charge is -2.31. The lowest BCUT2D eigenvalue weighted by molar-refractivity contribution is -0.137. The molecule has 1 aliphatic rings. The second-order valence-electron chi connectivity index (χ2n) is 6.94. The van der Waals surface area contributed by atoms with Crippen molar-refractivity contribution < 1.29 is 23.1 Å². The highest BCUT2D eigenvalue weighted by molar-refractivity contribution is 7.09. The van der Waals surface area contributed by atoms with Gasteiger partial charge in [0.1, 0.15) is 5.01 Å². The summed E-state index contributed by atoms with van der Waals surface area (Å²) in [6, 6.07) is 5.08. The summed E-state index contributed by atoms with van der Waals surface area (Å²) >= 11 is 1.52. The van der Waals surface area contributed by atoms with Crippen molar-refractivity contribution in [1.82, 2.24) is 15.2 Å². The summed E-state index contributed by atoms with van der Waals surface area (Å²) in [5.74, 6) is 0.530. The van der Waals surface area contributed by atoms with Crippen molar-refractivity contribution in [3.8, 4) is 11.3 Å². The number of thiazole rings is 1. The molecule has 0 saturated carbocycles. The minimum atomic E-state index is -4.33. The number of amides is 1. The fourth-order valence-corrected chi connectivity index (χ4v) is 4.20. The highest BCUT2D eigenvalue weighted by Crippen LogP contribution is 2.31. The number of carboxylic acid groups (broad SMARTS) is 1. The number of alkyl halides is 3. The molecule has 0 radical (unpaired) electrons. The lowest BCUT2D eigenvalue weighted by Crippen LogP contribution is -2.34. The maximum atomic E-state index is 12.7. The summed E-state index contributed by atoms with van der Waals surface area (Å²) in [5, 5.41) is 13.8. The zero-order valence-electron chi connectivity index (χ0n) is 15.2. The van der Waals surface area contributed by atoms with Gasteiger partial charge in [0, 0.05) is 17.5 Å². The van der Waals surface area contributed by atoms with Gasteiger partial charge in [-0.15, -0.1) is 11.3 Å². The zero-order chi connectivity index (χ0) is 20.1. The van der Waals surface area contributed by atoms with Gasteiger partial charge in [0.2, 0.25) is 0 Å². The Balaban J connectivity index is 1.49. The molecule has 1 aromatic carbocycles. The van der Waals surface area contributed by atoms with Crippen LogP contribution in [0.5, 0.6) is 0 Å². The van der Waals surface area contributed by atoms with Gasteiger partial charge < -0.3 is 10.4 Å². The Morgan fingerprint density at radius 2 is 1.93 bits per heavy atom. The molecule has 1 fully saturated rings. The number of aromatic nitrogens is 1. The molecule has 2 N–H and O–H groups in total. The number of halogens is 3. The molecule has 0 aliphatic carbocycles. The van der Waals surface area contributed by atoms with Crippen molar-refractivity contribution >= 4 is 17.4 Å². The summed E-state index contributed by atoms with van der Waals surface area (Å²) in [6.07, 6.45) is -2.40. The molecule has 0 bridgehead atoms. The van der Waals surface area contributed by atoms with Crippen molar-refractivity contribution in [2.75, 3.05) is 19.6 Å². The first-order chi connectivity index (χ1) is 13.3. The molecule has 1 amide bonds. The first-order valence-electron chi connectivity index (χ1n) is 9.12. The number of carbonyl (C=O) groups is 1. The van der Waals surface area contributed by atoms with E-state index in [2.05, 4.69) is 15.2 Å². The van der Waals surface area contributed by atoms with Crippen LogP contribution < -0.4 is 5.32 Å². The molecule has 28 heavy (non-hydrogen) atoms. The number of rotatable bonds is 6. The predicted molar refractivity (Wildman–Crippen MR) is 101 cm³/mol. The molecule has 0 unspecified atom stereocenters. The summed E-state index contributed by atoms with van der Waals surface area (Å²) in [4.78, 5) is 17.4. The third kappa shape index (κ3) is 5.68. The van der Waals surface area contributed by atoms with Crippen molar-refractivity contribution in [2.24, 2.45) is 5.92 Å². The number of hydrogen-bond acceptors (Lipinski definition) is 4. The Bertz CT molecular complexity index is 784. The maximum Gasteiger partial charge on any atom is 0.416 e. The molecule has 1 aromatic heterocycles. The van der Waals surface area contributed by atoms with E-state index in [1.54, 1.807) is 0 Å². The molecular formula is C19H22F3N3O2S. The van der Waals surface area contributed by atoms with Crippen molar-refractivity contribution in [3.05, 3.63) is 40.2 Å². The molecule has 0 atom stereocenters. The number of likely N-dealkylation sites (tertiary alicyclic amines) is 1. The smallest absolute Gasteiger partial charge is 0.416 e. The third-order valence-electron chi connectivity index (χ3n) is 4.95. The van der Waals surface area contributed by atoms with Gasteiger partial charge in [0.05, 0.1) is 17.8 Å². The fourth-order valence-electron chi connectivity index (χ4n) is 3.35. The molecule has 1 aliphatic heterocycles. The maximum absolute atomic E-state index is 12.7. The minimum Gasteiger partial charge on any atom is -0.465 e. The van der Waals surface area contributed by atoms with E-state index in [1.165, 1.54) is 23.5 Å². The Kier molecular flexibility index (Phi) is 6.56. The highest BCUT2D eigenvalue weighted by atomic mass is 32.1. The number of benzene rings is 1. The fraction of sp³-hybridized carbons (Fsp3) is 0.474. The largest absolute Gasteiger partial charge is 0.465 e. The van der Waals surface area contributed by atoms with E-state index >= 15 is 0 Å². The summed E-state index contributed by atoms with van der Waals surface area (Å²) in [6.45, 7) is 3.09. The standard InChI is InChI=1S/C19H22F3N3O2S/c20-19(21,22)15-3-1-14(2-4-15)16-12-28-17(24-16)11-25-9-6-13(7-10-25)5-8-23-18(26)27/h1-4,12-13,23H,5-11H2,(H,26,27). The monoisotopic (exact) mass is 413 g/mol. The molecule has 9 heteroatoms. The van der Waals surface area contributed by atoms with Gasteiger partial charge in [-0.2, -0.15) is 13.2 Å². The average molecular weight is 413 g/mol. The van der Waals surface area contributed by atoms with E-state index in [0.29, 0.717) is 23.7 Å². The molecule has 3 rings (SSSR count). The topological polar surface area (TPSA) is 65.5 Å². The van der Waals surface area contributed by atoms with Gasteiger partial charge in [0.15, 0.2) is 0 Å². The SMILES string of the molecule is O=C(O)NCCC1CCN(Cc2nc(-c3ccc(C(F)(F)F)cc3)cs2)CC1. The van der Waals surface area contributed by atoms with Crippen LogP contribution in [0.1, 0.15) is 29.8 Å².